The van der Waals surface area contributed by atoms with Gasteiger partial charge in [-0.3, -0.25) is 0 Å². The van der Waals surface area contributed by atoms with Crippen LogP contribution < -0.4 is 5.32 Å². The van der Waals surface area contributed by atoms with Gasteiger partial charge < -0.3 is 5.32 Å². The molecule has 1 N–H and O–H groups in total. The van der Waals surface area contributed by atoms with Gasteiger partial charge in [0.1, 0.15) is 11.0 Å². The Bertz CT molecular complexity index is 791. The van der Waals surface area contributed by atoms with Gasteiger partial charge in [-0.1, -0.05) is 41.9 Å². The SMILES string of the molecule is O=S1(=O)C=CC(Nc2cc(Cl)nc(-c3ccccc3)n2)C1. The van der Waals surface area contributed by atoms with Crippen LogP contribution in [0.5, 0.6) is 0 Å². The Labute approximate surface area is 127 Å². The highest BCUT2D eigenvalue weighted by atomic mass is 35.5. The molecule has 0 radical (unpaired) electrons. The number of hydrogen-bond acceptors (Lipinski definition) is 5. The van der Waals surface area contributed by atoms with Crippen molar-refractivity contribution in [1.29, 1.82) is 0 Å². The average molecular weight is 322 g/mol. The fourth-order valence-corrected chi connectivity index (χ4v) is 3.48. The summed E-state index contributed by atoms with van der Waals surface area (Å²) in [6.45, 7) is 0. The third-order valence-electron chi connectivity index (χ3n) is 2.99. The lowest BCUT2D eigenvalue weighted by Crippen LogP contribution is -2.21. The molecule has 2 heterocycles. The molecule has 0 fully saturated rings. The predicted octanol–water partition coefficient (Wildman–Crippen LogP) is 2.52. The van der Waals surface area contributed by atoms with E-state index in [1.165, 1.54) is 5.41 Å². The Hall–Kier alpha value is -1.92. The first-order valence-electron chi connectivity index (χ1n) is 6.29. The topological polar surface area (TPSA) is 72.0 Å². The van der Waals surface area contributed by atoms with Crippen LogP contribution in [-0.4, -0.2) is 30.2 Å². The number of nitrogens with one attached hydrogen (secondary N) is 1. The van der Waals surface area contributed by atoms with Crippen molar-refractivity contribution >= 4 is 27.3 Å². The molecule has 5 nitrogen and oxygen atoms in total. The van der Waals surface area contributed by atoms with Gasteiger partial charge >= 0.3 is 0 Å². The van der Waals surface area contributed by atoms with Crippen molar-refractivity contribution in [3.63, 3.8) is 0 Å². The lowest BCUT2D eigenvalue weighted by Gasteiger charge is -2.12. The molecule has 7 heteroatoms. The second-order valence-corrected chi connectivity index (χ2v) is 6.99. The van der Waals surface area contributed by atoms with Crippen molar-refractivity contribution in [2.24, 2.45) is 0 Å². The quantitative estimate of drug-likeness (QED) is 0.879. The monoisotopic (exact) mass is 321 g/mol. The molecule has 1 aliphatic rings. The van der Waals surface area contributed by atoms with Crippen LogP contribution in [0.3, 0.4) is 0 Å². The molecule has 108 valence electrons. The maximum absolute atomic E-state index is 11.4. The number of aromatic nitrogens is 2. The van der Waals surface area contributed by atoms with Crippen molar-refractivity contribution in [3.05, 3.63) is 53.0 Å². The summed E-state index contributed by atoms with van der Waals surface area (Å²) < 4.78 is 22.8. The van der Waals surface area contributed by atoms with E-state index in [1.807, 2.05) is 30.3 Å². The van der Waals surface area contributed by atoms with Crippen LogP contribution in [0.25, 0.3) is 11.4 Å². The molecule has 1 unspecified atom stereocenters. The number of anilines is 1. The Balaban J connectivity index is 1.87. The van der Waals surface area contributed by atoms with E-state index in [0.717, 1.165) is 5.56 Å². The molecule has 21 heavy (non-hydrogen) atoms. The summed E-state index contributed by atoms with van der Waals surface area (Å²) in [4.78, 5) is 8.57. The van der Waals surface area contributed by atoms with Crippen LogP contribution in [0.15, 0.2) is 47.9 Å². The van der Waals surface area contributed by atoms with Gasteiger partial charge in [-0.2, -0.15) is 0 Å². The molecule has 1 aromatic carbocycles. The molecular weight excluding hydrogens is 310 g/mol. The van der Waals surface area contributed by atoms with E-state index in [1.54, 1.807) is 12.1 Å². The fourth-order valence-electron chi connectivity index (χ4n) is 2.06. The van der Waals surface area contributed by atoms with E-state index in [4.69, 9.17) is 11.6 Å². The molecule has 1 aromatic heterocycles. The molecule has 0 aliphatic carbocycles. The zero-order valence-corrected chi connectivity index (χ0v) is 12.5. The Morgan fingerprint density at radius 2 is 1.95 bits per heavy atom. The average Bonchev–Trinajstić information content (AvgIpc) is 2.78. The maximum Gasteiger partial charge on any atom is 0.173 e. The van der Waals surface area contributed by atoms with E-state index in [9.17, 15) is 8.42 Å². The first-order chi connectivity index (χ1) is 10.0. The minimum atomic E-state index is -3.11. The van der Waals surface area contributed by atoms with Gasteiger partial charge in [0, 0.05) is 17.0 Å². The second-order valence-electron chi connectivity index (χ2n) is 4.67. The maximum atomic E-state index is 11.4. The van der Waals surface area contributed by atoms with Crippen LogP contribution in [0.2, 0.25) is 5.15 Å². The zero-order chi connectivity index (χ0) is 14.9. The third kappa shape index (κ3) is 3.40. The minimum absolute atomic E-state index is 0.0231. The Kier molecular flexibility index (Phi) is 3.65. The molecule has 1 atom stereocenters. The molecule has 1 aliphatic heterocycles. The van der Waals surface area contributed by atoms with E-state index >= 15 is 0 Å². The van der Waals surface area contributed by atoms with E-state index in [0.29, 0.717) is 16.8 Å². The molecule has 0 spiro atoms. The van der Waals surface area contributed by atoms with E-state index in [2.05, 4.69) is 15.3 Å². The summed E-state index contributed by atoms with van der Waals surface area (Å²) in [5.41, 5.74) is 0.845. The van der Waals surface area contributed by atoms with Crippen LogP contribution in [0.1, 0.15) is 0 Å². The summed E-state index contributed by atoms with van der Waals surface area (Å²) in [6.07, 6.45) is 1.60. The van der Waals surface area contributed by atoms with Crippen LogP contribution in [-0.2, 0) is 9.84 Å². The van der Waals surface area contributed by atoms with Gasteiger partial charge in [0.15, 0.2) is 15.7 Å². The highest BCUT2D eigenvalue weighted by molar-refractivity contribution is 7.94. The summed E-state index contributed by atoms with van der Waals surface area (Å²) in [6, 6.07) is 10.7. The second kappa shape index (κ2) is 5.46. The van der Waals surface area contributed by atoms with Crippen LogP contribution in [0, 0.1) is 0 Å². The standard InChI is InChI=1S/C14H12ClN3O2S/c15-12-8-13(16-11-6-7-21(19,20)9-11)18-14(17-12)10-4-2-1-3-5-10/h1-8,11H,9H2,(H,16,17,18). The number of sulfone groups is 1. The van der Waals surface area contributed by atoms with Gasteiger partial charge in [0.25, 0.3) is 0 Å². The number of rotatable bonds is 3. The Morgan fingerprint density at radius 3 is 2.62 bits per heavy atom. The van der Waals surface area contributed by atoms with Crippen molar-refractivity contribution in [2.75, 3.05) is 11.1 Å². The van der Waals surface area contributed by atoms with Crippen molar-refractivity contribution < 1.29 is 8.42 Å². The number of halogens is 1. The molecular formula is C14H12ClN3O2S. The van der Waals surface area contributed by atoms with E-state index < -0.39 is 9.84 Å². The highest BCUT2D eigenvalue weighted by Gasteiger charge is 2.22. The van der Waals surface area contributed by atoms with Crippen molar-refractivity contribution in [3.8, 4) is 11.4 Å². The van der Waals surface area contributed by atoms with Gasteiger partial charge in [-0.25, -0.2) is 18.4 Å². The Morgan fingerprint density at radius 1 is 1.19 bits per heavy atom. The lowest BCUT2D eigenvalue weighted by molar-refractivity contribution is 0.605. The van der Waals surface area contributed by atoms with Crippen molar-refractivity contribution in [2.45, 2.75) is 6.04 Å². The first kappa shape index (κ1) is 14.0. The van der Waals surface area contributed by atoms with Gasteiger partial charge in [-0.15, -0.1) is 0 Å². The normalized spacial score (nSPS) is 19.6. The van der Waals surface area contributed by atoms with Gasteiger partial charge in [0.2, 0.25) is 0 Å². The molecule has 2 aromatic rings. The molecule has 0 saturated carbocycles. The number of hydrogen-bond donors (Lipinski definition) is 1. The summed E-state index contributed by atoms with van der Waals surface area (Å²) in [5.74, 6) is 1.02. The number of benzene rings is 1. The fraction of sp³-hybridized carbons (Fsp3) is 0.143. The van der Waals surface area contributed by atoms with Crippen molar-refractivity contribution in [1.82, 2.24) is 9.97 Å². The molecule has 0 amide bonds. The van der Waals surface area contributed by atoms with Gasteiger partial charge in [-0.05, 0) is 6.08 Å². The summed E-state index contributed by atoms with van der Waals surface area (Å²) >= 11 is 6.01. The minimum Gasteiger partial charge on any atom is -0.363 e. The highest BCUT2D eigenvalue weighted by Crippen LogP contribution is 2.21. The van der Waals surface area contributed by atoms with Crippen LogP contribution >= 0.6 is 11.6 Å². The first-order valence-corrected chi connectivity index (χ1v) is 8.39. The summed E-state index contributed by atoms with van der Waals surface area (Å²) in [5, 5.41) is 4.56. The van der Waals surface area contributed by atoms with Crippen LogP contribution in [0.4, 0.5) is 5.82 Å². The third-order valence-corrected chi connectivity index (χ3v) is 4.58. The lowest BCUT2D eigenvalue weighted by atomic mass is 10.2. The zero-order valence-electron chi connectivity index (χ0n) is 10.9. The largest absolute Gasteiger partial charge is 0.363 e. The smallest absolute Gasteiger partial charge is 0.173 e. The molecule has 0 saturated heterocycles. The molecule has 0 bridgehead atoms. The molecule has 3 rings (SSSR count). The van der Waals surface area contributed by atoms with Gasteiger partial charge in [0.05, 0.1) is 11.8 Å². The summed E-state index contributed by atoms with van der Waals surface area (Å²) in [7, 11) is -3.11. The van der Waals surface area contributed by atoms with E-state index in [-0.39, 0.29) is 11.8 Å². The predicted molar refractivity (Wildman–Crippen MR) is 82.8 cm³/mol. The number of nitrogens with zero attached hydrogens (tertiary/aromatic N) is 2.